The van der Waals surface area contributed by atoms with Crippen molar-refractivity contribution in [3.63, 3.8) is 0 Å². The van der Waals surface area contributed by atoms with Crippen LogP contribution in [-0.4, -0.2) is 24.5 Å². The molecular formula is C12H11ClFNO4. The summed E-state index contributed by atoms with van der Waals surface area (Å²) in [6.45, 7) is 1.56. The van der Waals surface area contributed by atoms with Crippen LogP contribution in [0, 0.1) is 4.91 Å². The molecule has 0 aromatic heterocycles. The number of Topliss-reactive ketones (excluding diaryl/α,β-unsaturated/α-hetero) is 1. The van der Waals surface area contributed by atoms with Gasteiger partial charge in [-0.15, -0.1) is 4.91 Å². The van der Waals surface area contributed by atoms with Crippen LogP contribution in [0.4, 0.5) is 4.39 Å². The lowest BCUT2D eigenvalue weighted by Gasteiger charge is -2.13. The number of carbonyl (C=O) groups is 2. The lowest BCUT2D eigenvalue weighted by Crippen LogP contribution is -2.21. The van der Waals surface area contributed by atoms with Gasteiger partial charge < -0.3 is 9.53 Å². The van der Waals surface area contributed by atoms with Gasteiger partial charge in [-0.2, -0.15) is 0 Å². The minimum absolute atomic E-state index is 0.0826. The van der Waals surface area contributed by atoms with Crippen LogP contribution in [0.3, 0.4) is 0 Å². The Balaban J connectivity index is 3.16. The third-order valence-corrected chi connectivity index (χ3v) is 2.53. The first kappa shape index (κ1) is 15.2. The van der Waals surface area contributed by atoms with Gasteiger partial charge in [-0.3, -0.25) is 4.79 Å². The van der Waals surface area contributed by atoms with Crippen molar-refractivity contribution in [3.05, 3.63) is 33.7 Å². The van der Waals surface area contributed by atoms with Gasteiger partial charge >= 0.3 is 0 Å². The molecule has 0 N–H and O–H groups in total. The Hall–Kier alpha value is -1.82. The summed E-state index contributed by atoms with van der Waals surface area (Å²) < 4.78 is 18.1. The molecule has 102 valence electrons. The van der Waals surface area contributed by atoms with E-state index >= 15 is 0 Å². The minimum Gasteiger partial charge on any atom is -0.460 e. The van der Waals surface area contributed by atoms with Crippen molar-refractivity contribution in [3.8, 4) is 5.75 Å². The zero-order chi connectivity index (χ0) is 14.4. The average Bonchev–Trinajstić information content (AvgIpc) is 2.41. The molecule has 1 aromatic carbocycles. The molecule has 1 aromatic rings. The van der Waals surface area contributed by atoms with E-state index in [0.29, 0.717) is 0 Å². The summed E-state index contributed by atoms with van der Waals surface area (Å²) in [6, 6.07) is 2.20. The summed E-state index contributed by atoms with van der Waals surface area (Å²) in [5.74, 6) is -0.968. The molecule has 1 rings (SSSR count). The average molecular weight is 288 g/mol. The topological polar surface area (TPSA) is 72.8 Å². The number of ketones is 1. The van der Waals surface area contributed by atoms with E-state index in [1.54, 1.807) is 6.92 Å². The number of nitrogens with zero attached hydrogens (tertiary/aromatic N) is 1. The molecule has 7 heteroatoms. The molecule has 2 atom stereocenters. The lowest BCUT2D eigenvalue weighted by molar-refractivity contribution is -0.108. The van der Waals surface area contributed by atoms with Gasteiger partial charge in [-0.05, 0) is 18.2 Å². The van der Waals surface area contributed by atoms with Crippen molar-refractivity contribution in [2.24, 2.45) is 5.18 Å². The number of carbonyl (C=O) groups excluding carboxylic acids is 2. The lowest BCUT2D eigenvalue weighted by atomic mass is 10.0. The Labute approximate surface area is 113 Å². The molecule has 0 amide bonds. The number of hydrogen-bond donors (Lipinski definition) is 0. The minimum atomic E-state index is -1.69. The van der Waals surface area contributed by atoms with Gasteiger partial charge in [0.15, 0.2) is 6.29 Å². The van der Waals surface area contributed by atoms with Crippen LogP contribution in [0.15, 0.2) is 23.4 Å². The molecule has 0 bridgehead atoms. The number of halogens is 2. The van der Waals surface area contributed by atoms with Crippen LogP contribution in [-0.2, 0) is 4.79 Å². The van der Waals surface area contributed by atoms with Gasteiger partial charge in [0, 0.05) is 11.4 Å². The first-order valence-electron chi connectivity index (χ1n) is 5.45. The SMILES string of the molecule is CCC(F)Oc1ccc(Cl)cc1C(=O)C(C=O)N=O. The highest BCUT2D eigenvalue weighted by Gasteiger charge is 2.24. The Kier molecular flexibility index (Phi) is 5.57. The maximum absolute atomic E-state index is 13.2. The van der Waals surface area contributed by atoms with Crippen molar-refractivity contribution in [2.75, 3.05) is 0 Å². The van der Waals surface area contributed by atoms with E-state index in [0.717, 1.165) is 0 Å². The molecule has 0 aliphatic rings. The van der Waals surface area contributed by atoms with Crippen LogP contribution in [0.5, 0.6) is 5.75 Å². The number of rotatable bonds is 7. The highest BCUT2D eigenvalue weighted by atomic mass is 35.5. The summed E-state index contributed by atoms with van der Waals surface area (Å²) >= 11 is 5.72. The smallest absolute Gasteiger partial charge is 0.238 e. The van der Waals surface area contributed by atoms with E-state index in [1.807, 2.05) is 0 Å². The molecule has 2 unspecified atom stereocenters. The second-order valence-electron chi connectivity index (χ2n) is 3.63. The van der Waals surface area contributed by atoms with Gasteiger partial charge in [0.1, 0.15) is 5.75 Å². The number of aldehydes is 1. The Morgan fingerprint density at radius 3 is 2.79 bits per heavy atom. The third-order valence-electron chi connectivity index (χ3n) is 2.29. The Bertz CT molecular complexity index is 487. The summed E-state index contributed by atoms with van der Waals surface area (Å²) in [6.07, 6.45) is -1.42. The maximum atomic E-state index is 13.2. The fourth-order valence-electron chi connectivity index (χ4n) is 1.31. The summed E-state index contributed by atoms with van der Waals surface area (Å²) in [5, 5.41) is 2.59. The largest absolute Gasteiger partial charge is 0.460 e. The van der Waals surface area contributed by atoms with Crippen LogP contribution >= 0.6 is 11.6 Å². The van der Waals surface area contributed by atoms with Crippen LogP contribution in [0.1, 0.15) is 23.7 Å². The highest BCUT2D eigenvalue weighted by molar-refractivity contribution is 6.31. The zero-order valence-electron chi connectivity index (χ0n) is 10.0. The van der Waals surface area contributed by atoms with E-state index in [9.17, 15) is 18.9 Å². The first-order chi connectivity index (χ1) is 9.03. The highest BCUT2D eigenvalue weighted by Crippen LogP contribution is 2.26. The van der Waals surface area contributed by atoms with Gasteiger partial charge in [0.2, 0.25) is 18.2 Å². The van der Waals surface area contributed by atoms with Crippen molar-refractivity contribution in [1.29, 1.82) is 0 Å². The molecule has 0 spiro atoms. The molecule has 0 heterocycles. The number of nitroso groups, excluding NO2 is 1. The van der Waals surface area contributed by atoms with E-state index in [2.05, 4.69) is 5.18 Å². The molecule has 5 nitrogen and oxygen atoms in total. The van der Waals surface area contributed by atoms with Crippen LogP contribution in [0.25, 0.3) is 0 Å². The first-order valence-corrected chi connectivity index (χ1v) is 5.83. The van der Waals surface area contributed by atoms with Crippen molar-refractivity contribution in [1.82, 2.24) is 0 Å². The predicted octanol–water partition coefficient (Wildman–Crippen LogP) is 2.94. The number of hydrogen-bond acceptors (Lipinski definition) is 5. The zero-order valence-corrected chi connectivity index (χ0v) is 10.8. The van der Waals surface area contributed by atoms with Gasteiger partial charge in [0.05, 0.1) is 5.56 Å². The molecule has 0 fully saturated rings. The normalized spacial score (nSPS) is 13.4. The van der Waals surface area contributed by atoms with Crippen molar-refractivity contribution in [2.45, 2.75) is 25.7 Å². The standard InChI is InChI=1S/C12H11ClFNO4/c1-2-11(14)19-10-4-3-7(13)5-8(10)12(17)9(6-16)15-18/h3-6,9,11H,2H2,1H3. The second-order valence-corrected chi connectivity index (χ2v) is 4.06. The molecule has 0 saturated heterocycles. The number of ether oxygens (including phenoxy) is 1. The monoisotopic (exact) mass is 287 g/mol. The Morgan fingerprint density at radius 1 is 1.58 bits per heavy atom. The van der Waals surface area contributed by atoms with E-state index in [4.69, 9.17) is 16.3 Å². The van der Waals surface area contributed by atoms with Crippen LogP contribution < -0.4 is 4.74 Å². The summed E-state index contributed by atoms with van der Waals surface area (Å²) in [5.41, 5.74) is -0.152. The molecule has 0 saturated carbocycles. The maximum Gasteiger partial charge on any atom is 0.238 e. The summed E-state index contributed by atoms with van der Waals surface area (Å²) in [4.78, 5) is 32.8. The van der Waals surface area contributed by atoms with E-state index < -0.39 is 18.2 Å². The van der Waals surface area contributed by atoms with Gasteiger partial charge in [-0.25, -0.2) is 4.39 Å². The molecule has 0 aliphatic carbocycles. The summed E-state index contributed by atoms with van der Waals surface area (Å²) in [7, 11) is 0. The predicted molar refractivity (Wildman–Crippen MR) is 67.2 cm³/mol. The fraction of sp³-hybridized carbons (Fsp3) is 0.333. The quantitative estimate of drug-likeness (QED) is 0.334. The number of benzene rings is 1. The van der Waals surface area contributed by atoms with E-state index in [1.165, 1.54) is 18.2 Å². The Morgan fingerprint density at radius 2 is 2.26 bits per heavy atom. The molecule has 0 aliphatic heterocycles. The second kappa shape index (κ2) is 6.94. The fourth-order valence-corrected chi connectivity index (χ4v) is 1.48. The molecule has 0 radical (unpaired) electrons. The van der Waals surface area contributed by atoms with Crippen molar-refractivity contribution >= 4 is 23.7 Å². The van der Waals surface area contributed by atoms with Gasteiger partial charge in [0.25, 0.3) is 0 Å². The molecular weight excluding hydrogens is 277 g/mol. The third kappa shape index (κ3) is 3.82. The molecule has 19 heavy (non-hydrogen) atoms. The number of alkyl halides is 1. The van der Waals surface area contributed by atoms with Crippen molar-refractivity contribution < 1.29 is 18.7 Å². The van der Waals surface area contributed by atoms with Gasteiger partial charge in [-0.1, -0.05) is 23.7 Å². The van der Waals surface area contributed by atoms with E-state index in [-0.39, 0.29) is 29.0 Å². The van der Waals surface area contributed by atoms with Crippen LogP contribution in [0.2, 0.25) is 5.02 Å².